The van der Waals surface area contributed by atoms with Gasteiger partial charge in [-0.1, -0.05) is 37.6 Å². The molecule has 0 amide bonds. The molecule has 0 unspecified atom stereocenters. The minimum atomic E-state index is 0.317. The topological polar surface area (TPSA) is 51.5 Å². The SMILES string of the molecule is CCOc1cc(C#N)cc(Cl)c1OCCOc1cc(C)ccc1C(C)C. The van der Waals surface area contributed by atoms with Gasteiger partial charge in [0, 0.05) is 6.07 Å². The van der Waals surface area contributed by atoms with Crippen LogP contribution < -0.4 is 14.2 Å². The van der Waals surface area contributed by atoms with Crippen LogP contribution in [-0.2, 0) is 0 Å². The van der Waals surface area contributed by atoms with Crippen LogP contribution in [0.4, 0.5) is 0 Å². The molecule has 2 aromatic rings. The minimum absolute atomic E-state index is 0.317. The van der Waals surface area contributed by atoms with Crippen molar-refractivity contribution < 1.29 is 14.2 Å². The summed E-state index contributed by atoms with van der Waals surface area (Å²) in [4.78, 5) is 0. The molecule has 4 nitrogen and oxygen atoms in total. The van der Waals surface area contributed by atoms with E-state index in [0.717, 1.165) is 11.3 Å². The lowest BCUT2D eigenvalue weighted by Gasteiger charge is -2.16. The monoisotopic (exact) mass is 373 g/mol. The van der Waals surface area contributed by atoms with Gasteiger partial charge in [0.1, 0.15) is 19.0 Å². The first-order chi connectivity index (χ1) is 12.5. The molecule has 0 spiro atoms. The van der Waals surface area contributed by atoms with Gasteiger partial charge in [0.05, 0.1) is 23.3 Å². The average Bonchev–Trinajstić information content (AvgIpc) is 2.60. The quantitative estimate of drug-likeness (QED) is 0.573. The Morgan fingerprint density at radius 2 is 1.77 bits per heavy atom. The van der Waals surface area contributed by atoms with Crippen LogP contribution >= 0.6 is 11.6 Å². The van der Waals surface area contributed by atoms with E-state index in [1.54, 1.807) is 12.1 Å². The van der Waals surface area contributed by atoms with Crippen LogP contribution in [0.2, 0.25) is 5.02 Å². The number of aryl methyl sites for hydroxylation is 1. The van der Waals surface area contributed by atoms with Crippen molar-refractivity contribution in [2.24, 2.45) is 0 Å². The van der Waals surface area contributed by atoms with Gasteiger partial charge in [0.25, 0.3) is 0 Å². The lowest BCUT2D eigenvalue weighted by molar-refractivity contribution is 0.207. The highest BCUT2D eigenvalue weighted by molar-refractivity contribution is 6.32. The van der Waals surface area contributed by atoms with Gasteiger partial charge in [0.2, 0.25) is 0 Å². The van der Waals surface area contributed by atoms with Crippen LogP contribution in [0.5, 0.6) is 17.2 Å². The van der Waals surface area contributed by atoms with E-state index >= 15 is 0 Å². The van der Waals surface area contributed by atoms with E-state index in [2.05, 4.69) is 32.0 Å². The minimum Gasteiger partial charge on any atom is -0.490 e. The van der Waals surface area contributed by atoms with Crippen molar-refractivity contribution in [2.75, 3.05) is 19.8 Å². The molecular formula is C21H24ClNO3. The zero-order chi connectivity index (χ0) is 19.1. The number of rotatable bonds is 8. The summed E-state index contributed by atoms with van der Waals surface area (Å²) >= 11 is 6.24. The van der Waals surface area contributed by atoms with Gasteiger partial charge in [0.15, 0.2) is 11.5 Å². The Morgan fingerprint density at radius 3 is 2.42 bits per heavy atom. The van der Waals surface area contributed by atoms with Crippen LogP contribution in [-0.4, -0.2) is 19.8 Å². The van der Waals surface area contributed by atoms with Gasteiger partial charge in [-0.2, -0.15) is 5.26 Å². The summed E-state index contributed by atoms with van der Waals surface area (Å²) in [5.41, 5.74) is 2.75. The van der Waals surface area contributed by atoms with Gasteiger partial charge in [-0.25, -0.2) is 0 Å². The van der Waals surface area contributed by atoms with Gasteiger partial charge in [-0.15, -0.1) is 0 Å². The molecule has 0 atom stereocenters. The highest BCUT2D eigenvalue weighted by atomic mass is 35.5. The normalized spacial score (nSPS) is 10.5. The highest BCUT2D eigenvalue weighted by Crippen LogP contribution is 2.36. The number of hydrogen-bond acceptors (Lipinski definition) is 4. The number of nitrogens with zero attached hydrogens (tertiary/aromatic N) is 1. The predicted octanol–water partition coefficient (Wildman–Crippen LogP) is 5.50. The zero-order valence-electron chi connectivity index (χ0n) is 15.6. The molecule has 0 aromatic heterocycles. The summed E-state index contributed by atoms with van der Waals surface area (Å²) in [6.07, 6.45) is 0. The maximum Gasteiger partial charge on any atom is 0.179 e. The molecule has 0 aliphatic rings. The van der Waals surface area contributed by atoms with E-state index in [-0.39, 0.29) is 0 Å². The average molecular weight is 374 g/mol. The van der Waals surface area contributed by atoms with Crippen molar-refractivity contribution in [3.63, 3.8) is 0 Å². The molecule has 138 valence electrons. The van der Waals surface area contributed by atoms with Crippen molar-refractivity contribution in [3.05, 3.63) is 52.0 Å². The Bertz CT molecular complexity index is 797. The molecule has 0 N–H and O–H groups in total. The number of benzene rings is 2. The Morgan fingerprint density at radius 1 is 1.04 bits per heavy atom. The van der Waals surface area contributed by atoms with Gasteiger partial charge in [-0.3, -0.25) is 0 Å². The molecule has 5 heteroatoms. The molecule has 0 saturated carbocycles. The third-order valence-electron chi connectivity index (χ3n) is 3.82. The van der Waals surface area contributed by atoms with E-state index in [0.29, 0.717) is 47.8 Å². The Balaban J connectivity index is 2.05. The van der Waals surface area contributed by atoms with Crippen LogP contribution in [0.3, 0.4) is 0 Å². The van der Waals surface area contributed by atoms with Crippen LogP contribution in [0, 0.1) is 18.3 Å². The predicted molar refractivity (Wildman–Crippen MR) is 104 cm³/mol. The van der Waals surface area contributed by atoms with Gasteiger partial charge in [-0.05, 0) is 43.0 Å². The number of nitriles is 1. The van der Waals surface area contributed by atoms with Gasteiger partial charge >= 0.3 is 0 Å². The standard InChI is InChI=1S/C21H24ClNO3/c1-5-24-20-12-16(13-23)11-18(22)21(20)26-9-8-25-19-10-15(4)6-7-17(19)14(2)3/h6-7,10-12,14H,5,8-9H2,1-4H3. The van der Waals surface area contributed by atoms with Crippen LogP contribution in [0.15, 0.2) is 30.3 Å². The molecule has 26 heavy (non-hydrogen) atoms. The summed E-state index contributed by atoms with van der Waals surface area (Å²) in [5.74, 6) is 2.16. The molecule has 2 aromatic carbocycles. The fourth-order valence-electron chi connectivity index (χ4n) is 2.57. The van der Waals surface area contributed by atoms with Gasteiger partial charge < -0.3 is 14.2 Å². The maximum atomic E-state index is 9.05. The first kappa shape index (κ1) is 19.9. The van der Waals surface area contributed by atoms with Crippen LogP contribution in [0.25, 0.3) is 0 Å². The Hall–Kier alpha value is -2.38. The van der Waals surface area contributed by atoms with E-state index in [9.17, 15) is 0 Å². The molecule has 0 fully saturated rings. The van der Waals surface area contributed by atoms with E-state index < -0.39 is 0 Å². The molecule has 0 saturated heterocycles. The fraction of sp³-hybridized carbons (Fsp3) is 0.381. The second-order valence-electron chi connectivity index (χ2n) is 6.22. The molecule has 0 aliphatic heterocycles. The smallest absolute Gasteiger partial charge is 0.179 e. The van der Waals surface area contributed by atoms with Crippen molar-refractivity contribution >= 4 is 11.6 Å². The number of hydrogen-bond donors (Lipinski definition) is 0. The largest absolute Gasteiger partial charge is 0.490 e. The molecule has 0 aliphatic carbocycles. The third kappa shape index (κ3) is 5.06. The summed E-state index contributed by atoms with van der Waals surface area (Å²) < 4.78 is 17.2. The second-order valence-corrected chi connectivity index (χ2v) is 6.63. The molecule has 0 radical (unpaired) electrons. The summed E-state index contributed by atoms with van der Waals surface area (Å²) in [7, 11) is 0. The Kier molecular flexibility index (Phi) is 7.17. The van der Waals surface area contributed by atoms with Crippen molar-refractivity contribution in [2.45, 2.75) is 33.6 Å². The number of ether oxygens (including phenoxy) is 3. The molecule has 0 bridgehead atoms. The lowest BCUT2D eigenvalue weighted by Crippen LogP contribution is -2.11. The molecular weight excluding hydrogens is 350 g/mol. The van der Waals surface area contributed by atoms with Crippen LogP contribution in [0.1, 0.15) is 43.4 Å². The Labute approximate surface area is 160 Å². The molecule has 2 rings (SSSR count). The zero-order valence-corrected chi connectivity index (χ0v) is 16.4. The van der Waals surface area contributed by atoms with Crippen molar-refractivity contribution in [1.82, 2.24) is 0 Å². The number of halogens is 1. The summed E-state index contributed by atoms with van der Waals surface area (Å²) in [6.45, 7) is 9.34. The first-order valence-corrected chi connectivity index (χ1v) is 9.06. The highest BCUT2D eigenvalue weighted by Gasteiger charge is 2.13. The second kappa shape index (κ2) is 9.35. The first-order valence-electron chi connectivity index (χ1n) is 8.68. The lowest BCUT2D eigenvalue weighted by atomic mass is 10.0. The van der Waals surface area contributed by atoms with Crippen molar-refractivity contribution in [1.29, 1.82) is 5.26 Å². The third-order valence-corrected chi connectivity index (χ3v) is 4.10. The van der Waals surface area contributed by atoms with E-state index in [1.807, 2.05) is 19.9 Å². The summed E-state index contributed by atoms with van der Waals surface area (Å²) in [5, 5.41) is 9.41. The fourth-order valence-corrected chi connectivity index (χ4v) is 2.84. The van der Waals surface area contributed by atoms with E-state index in [1.165, 1.54) is 5.56 Å². The maximum absolute atomic E-state index is 9.05. The van der Waals surface area contributed by atoms with E-state index in [4.69, 9.17) is 31.1 Å². The van der Waals surface area contributed by atoms with Crippen molar-refractivity contribution in [3.8, 4) is 23.3 Å². The summed E-state index contributed by atoms with van der Waals surface area (Å²) in [6, 6.07) is 11.5. The molecule has 0 heterocycles.